The number of halogens is 1. The van der Waals surface area contributed by atoms with E-state index in [1.165, 1.54) is 0 Å². The number of nitrogens with one attached hydrogen (secondary N) is 1. The van der Waals surface area contributed by atoms with Crippen LogP contribution in [-0.2, 0) is 4.79 Å². The highest BCUT2D eigenvalue weighted by atomic mass is 79.9. The van der Waals surface area contributed by atoms with Crippen molar-refractivity contribution in [1.82, 2.24) is 0 Å². The summed E-state index contributed by atoms with van der Waals surface area (Å²) in [4.78, 5) is 11.8. The summed E-state index contributed by atoms with van der Waals surface area (Å²) in [5.74, 6) is 0.174. The van der Waals surface area contributed by atoms with Gasteiger partial charge in [0.1, 0.15) is 0 Å². The fraction of sp³-hybridized carbons (Fsp3) is 0.417. The van der Waals surface area contributed by atoms with Crippen LogP contribution in [0.4, 0.5) is 5.69 Å². The maximum Gasteiger partial charge on any atom is 0.227 e. The third kappa shape index (κ3) is 2.44. The van der Waals surface area contributed by atoms with E-state index >= 15 is 0 Å². The van der Waals surface area contributed by atoms with Gasteiger partial charge in [-0.3, -0.25) is 4.79 Å². The molecule has 1 aliphatic carbocycles. The Balaban J connectivity index is 1.98. The molecule has 0 spiro atoms. The Kier molecular flexibility index (Phi) is 3.30. The minimum Gasteiger partial charge on any atom is -0.328 e. The van der Waals surface area contributed by atoms with Gasteiger partial charge in [-0.05, 0) is 37.5 Å². The Morgan fingerprint density at radius 2 is 2.19 bits per heavy atom. The summed E-state index contributed by atoms with van der Waals surface area (Å²) < 4.78 is 1.01. The number of carbonyl (C=O) groups is 1. The van der Waals surface area contributed by atoms with Gasteiger partial charge in [0.05, 0.1) is 0 Å². The number of aryl methyl sites for hydroxylation is 1. The number of rotatable bonds is 2. The van der Waals surface area contributed by atoms with Crippen molar-refractivity contribution in [2.24, 2.45) is 11.7 Å². The monoisotopic (exact) mass is 282 g/mol. The van der Waals surface area contributed by atoms with Crippen LogP contribution in [-0.4, -0.2) is 11.9 Å². The lowest BCUT2D eigenvalue weighted by Crippen LogP contribution is -2.42. The Morgan fingerprint density at radius 1 is 1.50 bits per heavy atom. The second kappa shape index (κ2) is 4.55. The quantitative estimate of drug-likeness (QED) is 0.875. The van der Waals surface area contributed by atoms with E-state index in [9.17, 15) is 4.79 Å². The number of hydrogen-bond acceptors (Lipinski definition) is 2. The van der Waals surface area contributed by atoms with Crippen molar-refractivity contribution in [2.75, 3.05) is 5.32 Å². The van der Waals surface area contributed by atoms with Crippen LogP contribution in [0.5, 0.6) is 0 Å². The van der Waals surface area contributed by atoms with Crippen LogP contribution in [0, 0.1) is 12.8 Å². The van der Waals surface area contributed by atoms with Crippen LogP contribution in [0.15, 0.2) is 22.7 Å². The molecule has 0 bridgehead atoms. The number of nitrogens with two attached hydrogens (primary N) is 1. The molecule has 4 heteroatoms. The van der Waals surface area contributed by atoms with Crippen LogP contribution >= 0.6 is 15.9 Å². The molecule has 0 aliphatic heterocycles. The zero-order valence-electron chi connectivity index (χ0n) is 9.16. The number of amides is 1. The smallest absolute Gasteiger partial charge is 0.227 e. The van der Waals surface area contributed by atoms with E-state index in [2.05, 4.69) is 21.2 Å². The molecule has 0 unspecified atom stereocenters. The van der Waals surface area contributed by atoms with E-state index < -0.39 is 0 Å². The van der Waals surface area contributed by atoms with Gasteiger partial charge in [-0.1, -0.05) is 22.0 Å². The molecule has 1 amide bonds. The number of benzene rings is 1. The molecular formula is C12H15BrN2O. The summed E-state index contributed by atoms with van der Waals surface area (Å²) in [5.41, 5.74) is 7.65. The fourth-order valence-corrected chi connectivity index (χ4v) is 2.17. The second-order valence-corrected chi connectivity index (χ2v) is 5.24. The number of anilines is 1. The molecule has 0 saturated heterocycles. The standard InChI is InChI=1S/C12H15BrN2O/c1-7-2-3-10(6-11(7)13)15-12(16)8-4-9(14)5-8/h2-3,6,8-9H,4-5,14H2,1H3,(H,15,16). The summed E-state index contributed by atoms with van der Waals surface area (Å²) in [6.07, 6.45) is 1.61. The maximum atomic E-state index is 11.8. The zero-order valence-corrected chi connectivity index (χ0v) is 10.8. The zero-order chi connectivity index (χ0) is 11.7. The lowest BCUT2D eigenvalue weighted by molar-refractivity contribution is -0.122. The van der Waals surface area contributed by atoms with Crippen molar-refractivity contribution in [3.8, 4) is 0 Å². The first-order chi connectivity index (χ1) is 7.56. The van der Waals surface area contributed by atoms with Gasteiger partial charge in [-0.25, -0.2) is 0 Å². The lowest BCUT2D eigenvalue weighted by atomic mass is 9.80. The molecule has 3 N–H and O–H groups in total. The first kappa shape index (κ1) is 11.6. The first-order valence-electron chi connectivity index (χ1n) is 5.39. The molecular weight excluding hydrogens is 268 g/mol. The van der Waals surface area contributed by atoms with Crippen molar-refractivity contribution >= 4 is 27.5 Å². The minimum atomic E-state index is 0.0810. The van der Waals surface area contributed by atoms with E-state index in [0.29, 0.717) is 0 Å². The topological polar surface area (TPSA) is 55.1 Å². The van der Waals surface area contributed by atoms with Gasteiger partial charge < -0.3 is 11.1 Å². The normalized spacial score (nSPS) is 23.7. The SMILES string of the molecule is Cc1ccc(NC(=O)C2CC(N)C2)cc1Br. The molecule has 0 radical (unpaired) electrons. The first-order valence-corrected chi connectivity index (χ1v) is 6.18. The average Bonchev–Trinajstić information content (AvgIpc) is 2.19. The van der Waals surface area contributed by atoms with Gasteiger partial charge in [0.25, 0.3) is 0 Å². The summed E-state index contributed by atoms with van der Waals surface area (Å²) in [6, 6.07) is 6.02. The second-order valence-electron chi connectivity index (χ2n) is 4.38. The third-order valence-corrected chi connectivity index (χ3v) is 3.84. The van der Waals surface area contributed by atoms with Crippen LogP contribution in [0.2, 0.25) is 0 Å². The maximum absolute atomic E-state index is 11.8. The van der Waals surface area contributed by atoms with E-state index in [4.69, 9.17) is 5.73 Å². The van der Waals surface area contributed by atoms with Crippen LogP contribution in [0.25, 0.3) is 0 Å². The molecule has 0 atom stereocenters. The molecule has 86 valence electrons. The lowest BCUT2D eigenvalue weighted by Gasteiger charge is -2.31. The predicted molar refractivity (Wildman–Crippen MR) is 68.2 cm³/mol. The molecule has 1 saturated carbocycles. The van der Waals surface area contributed by atoms with Gasteiger partial charge >= 0.3 is 0 Å². The van der Waals surface area contributed by atoms with E-state index in [-0.39, 0.29) is 17.9 Å². The van der Waals surface area contributed by atoms with Crippen LogP contribution in [0.1, 0.15) is 18.4 Å². The summed E-state index contributed by atoms with van der Waals surface area (Å²) in [6.45, 7) is 2.01. The molecule has 1 aromatic carbocycles. The van der Waals surface area contributed by atoms with Crippen molar-refractivity contribution in [3.63, 3.8) is 0 Å². The number of carbonyl (C=O) groups excluding carboxylic acids is 1. The van der Waals surface area contributed by atoms with Gasteiger partial charge in [-0.15, -0.1) is 0 Å². The van der Waals surface area contributed by atoms with E-state index in [1.807, 2.05) is 25.1 Å². The fourth-order valence-electron chi connectivity index (χ4n) is 1.79. The highest BCUT2D eigenvalue weighted by Crippen LogP contribution is 2.27. The Hall–Kier alpha value is -0.870. The van der Waals surface area contributed by atoms with E-state index in [1.54, 1.807) is 0 Å². The van der Waals surface area contributed by atoms with Crippen molar-refractivity contribution < 1.29 is 4.79 Å². The van der Waals surface area contributed by atoms with Crippen LogP contribution in [0.3, 0.4) is 0 Å². The van der Waals surface area contributed by atoms with Crippen LogP contribution < -0.4 is 11.1 Å². The third-order valence-electron chi connectivity index (χ3n) is 2.98. The summed E-state index contributed by atoms with van der Waals surface area (Å²) in [5, 5.41) is 2.91. The summed E-state index contributed by atoms with van der Waals surface area (Å²) >= 11 is 3.44. The average molecular weight is 283 g/mol. The van der Waals surface area contributed by atoms with Gasteiger partial charge in [0, 0.05) is 22.1 Å². The molecule has 0 aromatic heterocycles. The highest BCUT2D eigenvalue weighted by molar-refractivity contribution is 9.10. The Morgan fingerprint density at radius 3 is 2.75 bits per heavy atom. The van der Waals surface area contributed by atoms with Gasteiger partial charge in [0.15, 0.2) is 0 Å². The molecule has 1 fully saturated rings. The Bertz CT molecular complexity index is 413. The van der Waals surface area contributed by atoms with Crippen molar-refractivity contribution in [2.45, 2.75) is 25.8 Å². The molecule has 1 aromatic rings. The summed E-state index contributed by atoms with van der Waals surface area (Å²) in [7, 11) is 0. The van der Waals surface area contributed by atoms with Gasteiger partial charge in [0.2, 0.25) is 5.91 Å². The van der Waals surface area contributed by atoms with Crippen molar-refractivity contribution in [3.05, 3.63) is 28.2 Å². The molecule has 1 aliphatic rings. The molecule has 16 heavy (non-hydrogen) atoms. The van der Waals surface area contributed by atoms with E-state index in [0.717, 1.165) is 28.6 Å². The van der Waals surface area contributed by atoms with Gasteiger partial charge in [-0.2, -0.15) is 0 Å². The number of hydrogen-bond donors (Lipinski definition) is 2. The molecule has 2 rings (SSSR count). The highest BCUT2D eigenvalue weighted by Gasteiger charge is 2.31. The minimum absolute atomic E-state index is 0.0810. The van der Waals surface area contributed by atoms with Crippen molar-refractivity contribution in [1.29, 1.82) is 0 Å². The molecule has 3 nitrogen and oxygen atoms in total. The Labute approximate surface area is 104 Å². The molecule has 0 heterocycles. The largest absolute Gasteiger partial charge is 0.328 e. The predicted octanol–water partition coefficient (Wildman–Crippen LogP) is 2.43.